The van der Waals surface area contributed by atoms with E-state index in [0.29, 0.717) is 31.9 Å². The van der Waals surface area contributed by atoms with E-state index in [1.807, 2.05) is 24.3 Å². The lowest BCUT2D eigenvalue weighted by atomic mass is 10.1. The van der Waals surface area contributed by atoms with Crippen molar-refractivity contribution in [3.8, 4) is 5.75 Å². The van der Waals surface area contributed by atoms with Crippen LogP contribution in [0.2, 0.25) is 0 Å². The average molecular weight is 514 g/mol. The first-order valence-electron chi connectivity index (χ1n) is 8.74. The van der Waals surface area contributed by atoms with Crippen LogP contribution in [-0.4, -0.2) is 41.5 Å². The van der Waals surface area contributed by atoms with Gasteiger partial charge in [0.25, 0.3) is 5.91 Å². The number of aromatic nitrogens is 1. The Morgan fingerprint density at radius 3 is 2.64 bits per heavy atom. The van der Waals surface area contributed by atoms with Gasteiger partial charge in [-0.3, -0.25) is 9.78 Å². The van der Waals surface area contributed by atoms with Gasteiger partial charge in [0.2, 0.25) is 0 Å². The van der Waals surface area contributed by atoms with E-state index in [2.05, 4.69) is 47.3 Å². The quantitative estimate of drug-likeness (QED) is 0.196. The molecule has 0 aliphatic rings. The summed E-state index contributed by atoms with van der Waals surface area (Å²) in [5.41, 5.74) is 7.32. The number of oxime groups is 1. The van der Waals surface area contributed by atoms with Crippen LogP contribution >= 0.6 is 31.9 Å². The van der Waals surface area contributed by atoms with E-state index in [4.69, 9.17) is 10.5 Å². The van der Waals surface area contributed by atoms with Crippen LogP contribution in [-0.2, 0) is 17.6 Å². The largest absolute Gasteiger partial charge is 0.491 e. The second kappa shape index (κ2) is 11.8. The molecule has 0 spiro atoms. The van der Waals surface area contributed by atoms with Gasteiger partial charge in [-0.05, 0) is 80.6 Å². The number of carbonyl (C=O) groups is 1. The maximum Gasteiger partial charge on any atom is 0.269 e. The number of rotatable bonds is 10. The van der Waals surface area contributed by atoms with Crippen LogP contribution in [0, 0.1) is 0 Å². The Bertz CT molecular complexity index is 793. The molecular weight excluding hydrogens is 492 g/mol. The van der Waals surface area contributed by atoms with Gasteiger partial charge in [0.1, 0.15) is 11.5 Å². The second-order valence-electron chi connectivity index (χ2n) is 5.97. The summed E-state index contributed by atoms with van der Waals surface area (Å²) in [6.07, 6.45) is 5.02. The zero-order valence-corrected chi connectivity index (χ0v) is 18.4. The molecule has 0 saturated heterocycles. The summed E-state index contributed by atoms with van der Waals surface area (Å²) in [5.74, 6) is 0.252. The van der Waals surface area contributed by atoms with Crippen molar-refractivity contribution in [2.24, 2.45) is 10.9 Å². The summed E-state index contributed by atoms with van der Waals surface area (Å²) in [7, 11) is 0. The van der Waals surface area contributed by atoms with Crippen molar-refractivity contribution in [1.29, 1.82) is 0 Å². The van der Waals surface area contributed by atoms with Crippen LogP contribution < -0.4 is 15.8 Å². The molecule has 0 atom stereocenters. The molecule has 28 heavy (non-hydrogen) atoms. The van der Waals surface area contributed by atoms with E-state index in [9.17, 15) is 10.0 Å². The molecule has 1 amide bonds. The molecule has 0 saturated carbocycles. The van der Waals surface area contributed by atoms with Gasteiger partial charge in [-0.1, -0.05) is 11.2 Å². The topological polar surface area (TPSA) is 110 Å². The molecule has 7 nitrogen and oxygen atoms in total. The molecule has 0 bridgehead atoms. The van der Waals surface area contributed by atoms with Crippen LogP contribution in [0.5, 0.6) is 5.75 Å². The number of ether oxygens (including phenoxy) is 1. The molecule has 150 valence electrons. The van der Waals surface area contributed by atoms with Crippen LogP contribution in [0.4, 0.5) is 0 Å². The molecule has 0 radical (unpaired) electrons. The van der Waals surface area contributed by atoms with Crippen molar-refractivity contribution in [2.45, 2.75) is 19.3 Å². The Morgan fingerprint density at radius 1 is 1.29 bits per heavy atom. The van der Waals surface area contributed by atoms with Crippen molar-refractivity contribution < 1.29 is 14.7 Å². The van der Waals surface area contributed by atoms with E-state index in [0.717, 1.165) is 26.5 Å². The SMILES string of the molecule is NCCCOc1c(Br)cc(C/C(=N/O)C(=O)NCCc2cccnc2)cc1Br. The molecular formula is C19H22Br2N4O3. The molecule has 0 aliphatic heterocycles. The minimum atomic E-state index is -0.415. The van der Waals surface area contributed by atoms with Crippen molar-refractivity contribution >= 4 is 43.5 Å². The molecule has 0 unspecified atom stereocenters. The molecule has 2 aromatic rings. The number of amides is 1. The first kappa shape index (κ1) is 22.3. The van der Waals surface area contributed by atoms with Crippen molar-refractivity contribution in [1.82, 2.24) is 10.3 Å². The molecule has 4 N–H and O–H groups in total. The monoisotopic (exact) mass is 512 g/mol. The number of nitrogens with two attached hydrogens (primary N) is 1. The third-order valence-corrected chi connectivity index (χ3v) is 5.01. The van der Waals surface area contributed by atoms with Crippen LogP contribution in [0.25, 0.3) is 0 Å². The van der Waals surface area contributed by atoms with E-state index < -0.39 is 5.91 Å². The minimum Gasteiger partial charge on any atom is -0.491 e. The van der Waals surface area contributed by atoms with Crippen molar-refractivity contribution in [3.05, 3.63) is 56.7 Å². The highest BCUT2D eigenvalue weighted by molar-refractivity contribution is 9.11. The predicted molar refractivity (Wildman–Crippen MR) is 115 cm³/mol. The number of benzene rings is 1. The van der Waals surface area contributed by atoms with Gasteiger partial charge in [-0.2, -0.15) is 0 Å². The Labute approximate surface area is 180 Å². The fourth-order valence-electron chi connectivity index (χ4n) is 2.43. The smallest absolute Gasteiger partial charge is 0.269 e. The Morgan fingerprint density at radius 2 is 2.04 bits per heavy atom. The molecule has 9 heteroatoms. The maximum absolute atomic E-state index is 12.3. The maximum atomic E-state index is 12.3. The summed E-state index contributed by atoms with van der Waals surface area (Å²) in [4.78, 5) is 16.3. The molecule has 1 heterocycles. The van der Waals surface area contributed by atoms with Crippen molar-refractivity contribution in [2.75, 3.05) is 19.7 Å². The lowest BCUT2D eigenvalue weighted by Gasteiger charge is -2.12. The molecule has 1 aromatic heterocycles. The Kier molecular flexibility index (Phi) is 9.39. The zero-order valence-electron chi connectivity index (χ0n) is 15.2. The minimum absolute atomic E-state index is 0.0294. The first-order chi connectivity index (χ1) is 13.5. The Hall–Kier alpha value is -1.97. The third-order valence-electron chi connectivity index (χ3n) is 3.83. The van der Waals surface area contributed by atoms with Gasteiger partial charge in [-0.15, -0.1) is 0 Å². The standard InChI is InChI=1S/C19H22Br2N4O3/c20-15-9-14(10-16(21)18(15)28-8-2-5-22)11-17(25-27)19(26)24-7-4-13-3-1-6-23-12-13/h1,3,6,9-10,12,27H,2,4-5,7-8,11,22H2,(H,24,26)/b25-17-. The highest BCUT2D eigenvalue weighted by Crippen LogP contribution is 2.35. The normalized spacial score (nSPS) is 11.3. The van der Waals surface area contributed by atoms with Crippen molar-refractivity contribution in [3.63, 3.8) is 0 Å². The fourth-order valence-corrected chi connectivity index (χ4v) is 3.94. The number of hydrogen-bond acceptors (Lipinski definition) is 6. The van der Waals surface area contributed by atoms with Gasteiger partial charge in [0.15, 0.2) is 0 Å². The summed E-state index contributed by atoms with van der Waals surface area (Å²) in [6, 6.07) is 7.44. The van der Waals surface area contributed by atoms with Gasteiger partial charge >= 0.3 is 0 Å². The number of carbonyl (C=O) groups excluding carboxylic acids is 1. The number of pyridine rings is 1. The third kappa shape index (κ3) is 6.88. The van der Waals surface area contributed by atoms with E-state index >= 15 is 0 Å². The lowest BCUT2D eigenvalue weighted by molar-refractivity contribution is -0.115. The van der Waals surface area contributed by atoms with Crippen LogP contribution in [0.15, 0.2) is 50.8 Å². The summed E-state index contributed by atoms with van der Waals surface area (Å²) in [6.45, 7) is 1.49. The average Bonchev–Trinajstić information content (AvgIpc) is 2.69. The predicted octanol–water partition coefficient (Wildman–Crippen LogP) is 3.07. The molecule has 0 fully saturated rings. The fraction of sp³-hybridized carbons (Fsp3) is 0.316. The van der Waals surface area contributed by atoms with E-state index in [1.54, 1.807) is 12.4 Å². The summed E-state index contributed by atoms with van der Waals surface area (Å²) in [5, 5.41) is 15.2. The first-order valence-corrected chi connectivity index (χ1v) is 10.3. The van der Waals surface area contributed by atoms with E-state index in [-0.39, 0.29) is 12.1 Å². The van der Waals surface area contributed by atoms with Crippen LogP contribution in [0.3, 0.4) is 0 Å². The number of nitrogens with one attached hydrogen (secondary N) is 1. The zero-order chi connectivity index (χ0) is 20.4. The van der Waals surface area contributed by atoms with Crippen LogP contribution in [0.1, 0.15) is 17.5 Å². The van der Waals surface area contributed by atoms with Gasteiger partial charge in [0.05, 0.1) is 15.6 Å². The second-order valence-corrected chi connectivity index (χ2v) is 7.68. The van der Waals surface area contributed by atoms with Gasteiger partial charge in [-0.25, -0.2) is 0 Å². The van der Waals surface area contributed by atoms with Gasteiger partial charge < -0.3 is 21.0 Å². The number of halogens is 2. The van der Waals surface area contributed by atoms with E-state index in [1.165, 1.54) is 0 Å². The molecule has 2 rings (SSSR count). The number of nitrogens with zero attached hydrogens (tertiary/aromatic N) is 2. The number of hydrogen-bond donors (Lipinski definition) is 3. The summed E-state index contributed by atoms with van der Waals surface area (Å²) < 4.78 is 7.18. The summed E-state index contributed by atoms with van der Waals surface area (Å²) >= 11 is 6.94. The highest BCUT2D eigenvalue weighted by atomic mass is 79.9. The molecule has 1 aromatic carbocycles. The highest BCUT2D eigenvalue weighted by Gasteiger charge is 2.16. The van der Waals surface area contributed by atoms with Gasteiger partial charge in [0, 0.05) is 25.4 Å². The molecule has 0 aliphatic carbocycles. The Balaban J connectivity index is 1.95. The lowest BCUT2D eigenvalue weighted by Crippen LogP contribution is -2.33.